The zero-order valence-corrected chi connectivity index (χ0v) is 24.3. The maximum absolute atomic E-state index is 14.2. The average Bonchev–Trinajstić information content (AvgIpc) is 3.13. The molecule has 0 spiro atoms. The molecule has 194 valence electrons. The van der Waals surface area contributed by atoms with Crippen LogP contribution in [0.5, 0.6) is 5.75 Å². The number of methoxy groups -OCH3 is 1. The highest BCUT2D eigenvalue weighted by Crippen LogP contribution is 2.38. The van der Waals surface area contributed by atoms with Gasteiger partial charge in [0.15, 0.2) is 10.5 Å². The summed E-state index contributed by atoms with van der Waals surface area (Å²) in [5.74, 6) is -0.600. The molecule has 0 bridgehead atoms. The second kappa shape index (κ2) is 10.9. The second-order valence-corrected chi connectivity index (χ2v) is 11.1. The van der Waals surface area contributed by atoms with E-state index in [9.17, 15) is 22.8 Å². The fraction of sp³-hybridized carbons (Fsp3) is 0.208. The van der Waals surface area contributed by atoms with E-state index < -0.39 is 35.0 Å². The molecule has 1 atom stereocenters. The Morgan fingerprint density at radius 1 is 1.30 bits per heavy atom. The summed E-state index contributed by atoms with van der Waals surface area (Å²) >= 11 is 12.3. The Bertz CT molecular complexity index is 1580. The maximum Gasteiger partial charge on any atom is 0.434 e. The summed E-state index contributed by atoms with van der Waals surface area (Å²) in [7, 11) is 1.52. The quantitative estimate of drug-likeness (QED) is 0.262. The van der Waals surface area contributed by atoms with Gasteiger partial charge < -0.3 is 9.47 Å². The van der Waals surface area contributed by atoms with E-state index in [2.05, 4.69) is 43.5 Å². The van der Waals surface area contributed by atoms with Crippen LogP contribution in [0.4, 0.5) is 13.2 Å². The first kappa shape index (κ1) is 27.9. The Labute approximate surface area is 239 Å². The van der Waals surface area contributed by atoms with Crippen molar-refractivity contribution in [2.75, 3.05) is 13.7 Å². The number of fused-ring (bicyclic) bond motifs is 1. The van der Waals surface area contributed by atoms with Gasteiger partial charge in [0.1, 0.15) is 5.75 Å². The third-order valence-corrected chi connectivity index (χ3v) is 7.93. The van der Waals surface area contributed by atoms with Crippen molar-refractivity contribution in [2.45, 2.75) is 19.1 Å². The van der Waals surface area contributed by atoms with Crippen LogP contribution in [-0.4, -0.2) is 30.4 Å². The van der Waals surface area contributed by atoms with Crippen molar-refractivity contribution in [1.29, 1.82) is 0 Å². The van der Waals surface area contributed by atoms with Crippen molar-refractivity contribution in [3.05, 3.63) is 91.5 Å². The molecule has 2 heterocycles. The monoisotopic (exact) mass is 726 g/mol. The van der Waals surface area contributed by atoms with Crippen molar-refractivity contribution in [1.82, 2.24) is 4.57 Å². The van der Waals surface area contributed by atoms with E-state index in [1.54, 1.807) is 18.2 Å². The molecule has 4 rings (SSSR count). The van der Waals surface area contributed by atoms with Gasteiger partial charge in [-0.15, -0.1) is 0 Å². The molecule has 3 aromatic rings. The number of ether oxygens (including phenoxy) is 2. The SMILES string of the molecule is CCOC(=O)C1=C(C(F)(F)F)N=c2s/c(=C\c3cc(Br)c(OC)c(I)c3)c(=O)n2[C@@H]1c1ccc(Cl)cc1. The molecule has 0 unspecified atom stereocenters. The van der Waals surface area contributed by atoms with Gasteiger partial charge in [-0.2, -0.15) is 13.2 Å². The fourth-order valence-corrected chi connectivity index (χ4v) is 6.82. The van der Waals surface area contributed by atoms with Gasteiger partial charge in [-0.1, -0.05) is 35.1 Å². The van der Waals surface area contributed by atoms with E-state index in [1.807, 2.05) is 0 Å². The van der Waals surface area contributed by atoms with Crippen LogP contribution in [0.1, 0.15) is 24.1 Å². The number of rotatable bonds is 5. The number of alkyl halides is 3. The lowest BCUT2D eigenvalue weighted by atomic mass is 9.95. The number of hydrogen-bond donors (Lipinski definition) is 0. The number of hydrogen-bond acceptors (Lipinski definition) is 6. The number of allylic oxidation sites excluding steroid dienone is 1. The molecule has 13 heteroatoms. The summed E-state index contributed by atoms with van der Waals surface area (Å²) in [6.07, 6.45) is -3.42. The van der Waals surface area contributed by atoms with Crippen LogP contribution in [-0.2, 0) is 9.53 Å². The van der Waals surface area contributed by atoms with E-state index in [1.165, 1.54) is 38.3 Å². The molecule has 1 aliphatic heterocycles. The minimum Gasteiger partial charge on any atom is -0.494 e. The van der Waals surface area contributed by atoms with Crippen molar-refractivity contribution in [3.8, 4) is 5.75 Å². The van der Waals surface area contributed by atoms with Gasteiger partial charge in [0.05, 0.1) is 37.9 Å². The highest BCUT2D eigenvalue weighted by molar-refractivity contribution is 14.1. The zero-order chi connectivity index (χ0) is 27.1. The summed E-state index contributed by atoms with van der Waals surface area (Å²) in [5, 5.41) is 0.341. The molecule has 37 heavy (non-hydrogen) atoms. The third-order valence-electron chi connectivity index (χ3n) is 5.30. The summed E-state index contributed by atoms with van der Waals surface area (Å²) in [5.41, 5.74) is -1.91. The number of benzene rings is 2. The topological polar surface area (TPSA) is 69.9 Å². The molecule has 0 aliphatic carbocycles. The van der Waals surface area contributed by atoms with Gasteiger partial charge in [0.2, 0.25) is 0 Å². The Morgan fingerprint density at radius 3 is 2.54 bits per heavy atom. The lowest BCUT2D eigenvalue weighted by molar-refractivity contribution is -0.140. The van der Waals surface area contributed by atoms with Gasteiger partial charge in [0, 0.05) is 5.02 Å². The first-order valence-electron chi connectivity index (χ1n) is 10.5. The number of aromatic nitrogens is 1. The number of esters is 1. The number of carbonyl (C=O) groups excluding carboxylic acids is 1. The van der Waals surface area contributed by atoms with E-state index in [4.69, 9.17) is 21.1 Å². The lowest BCUT2D eigenvalue weighted by Gasteiger charge is -2.26. The van der Waals surface area contributed by atoms with E-state index in [0.29, 0.717) is 20.8 Å². The predicted molar refractivity (Wildman–Crippen MR) is 146 cm³/mol. The normalized spacial score (nSPS) is 15.9. The molecule has 1 aliphatic rings. The van der Waals surface area contributed by atoms with Gasteiger partial charge >= 0.3 is 12.1 Å². The van der Waals surface area contributed by atoms with Crippen molar-refractivity contribution in [3.63, 3.8) is 0 Å². The van der Waals surface area contributed by atoms with Gasteiger partial charge in [-0.25, -0.2) is 9.79 Å². The molecule has 2 aromatic carbocycles. The summed E-state index contributed by atoms with van der Waals surface area (Å²) < 4.78 is 55.4. The van der Waals surface area contributed by atoms with Crippen molar-refractivity contribution in [2.24, 2.45) is 4.99 Å². The van der Waals surface area contributed by atoms with Crippen LogP contribution in [0.2, 0.25) is 5.02 Å². The molecule has 0 fully saturated rings. The first-order valence-corrected chi connectivity index (χ1v) is 13.6. The number of thiazole rings is 1. The van der Waals surface area contributed by atoms with Crippen LogP contribution in [0.15, 0.2) is 61.9 Å². The van der Waals surface area contributed by atoms with Gasteiger partial charge in [-0.3, -0.25) is 9.36 Å². The molecule has 0 N–H and O–H groups in total. The highest BCUT2D eigenvalue weighted by Gasteiger charge is 2.45. The third kappa shape index (κ3) is 5.52. The molecule has 0 saturated heterocycles. The summed E-state index contributed by atoms with van der Waals surface area (Å²) in [6, 6.07) is 7.94. The average molecular weight is 728 g/mol. The maximum atomic E-state index is 14.2. The minimum atomic E-state index is -4.97. The van der Waals surface area contributed by atoms with Crippen molar-refractivity contribution < 1.29 is 27.4 Å². The first-order chi connectivity index (χ1) is 17.5. The molecular formula is C24H16BrClF3IN2O4S. The second-order valence-electron chi connectivity index (χ2n) is 7.63. The van der Waals surface area contributed by atoms with E-state index in [0.717, 1.165) is 19.5 Å². The molecule has 0 radical (unpaired) electrons. The Balaban J connectivity index is 2.03. The summed E-state index contributed by atoms with van der Waals surface area (Å²) in [6.45, 7) is 1.32. The van der Waals surface area contributed by atoms with Gasteiger partial charge in [-0.05, 0) is 86.9 Å². The van der Waals surface area contributed by atoms with Crippen LogP contribution >= 0.6 is 61.5 Å². The van der Waals surface area contributed by atoms with Crippen LogP contribution < -0.4 is 19.6 Å². The molecule has 0 amide bonds. The summed E-state index contributed by atoms with van der Waals surface area (Å²) in [4.78, 5) is 30.0. The molecule has 0 saturated carbocycles. The van der Waals surface area contributed by atoms with Gasteiger partial charge in [0.25, 0.3) is 5.56 Å². The zero-order valence-electron chi connectivity index (χ0n) is 19.0. The van der Waals surface area contributed by atoms with E-state index in [-0.39, 0.29) is 21.5 Å². The Hall–Kier alpha value is -2.16. The number of halogens is 6. The Kier molecular flexibility index (Phi) is 8.22. The van der Waals surface area contributed by atoms with Crippen LogP contribution in [0.25, 0.3) is 6.08 Å². The Morgan fingerprint density at radius 2 is 1.97 bits per heavy atom. The standard InChI is InChI=1S/C24H16BrClF3IN2O4S/c1-3-36-22(34)17-18(12-4-6-13(26)7-5-12)32-21(33)16(37-23(32)31-20(17)24(27,28)29)10-11-8-14(25)19(35-2)15(30)9-11/h4-10,18H,3H2,1-2H3/b16-10-/t18-/m1/s1. The molecular weight excluding hydrogens is 712 g/mol. The highest BCUT2D eigenvalue weighted by atomic mass is 127. The van der Waals surface area contributed by atoms with Crippen LogP contribution in [0, 0.1) is 3.57 Å². The largest absolute Gasteiger partial charge is 0.494 e. The lowest BCUT2D eigenvalue weighted by Crippen LogP contribution is -2.41. The number of carbonyl (C=O) groups is 1. The van der Waals surface area contributed by atoms with Crippen molar-refractivity contribution >= 4 is 73.5 Å². The van der Waals surface area contributed by atoms with E-state index >= 15 is 0 Å². The van der Waals surface area contributed by atoms with Crippen LogP contribution in [0.3, 0.4) is 0 Å². The predicted octanol–water partition coefficient (Wildman–Crippen LogP) is 5.37. The number of nitrogens with zero attached hydrogens (tertiary/aromatic N) is 2. The molecule has 6 nitrogen and oxygen atoms in total. The minimum absolute atomic E-state index is 0.136. The molecule has 1 aromatic heterocycles. The fourth-order valence-electron chi connectivity index (χ4n) is 3.81. The smallest absolute Gasteiger partial charge is 0.434 e.